The Morgan fingerprint density at radius 3 is 2.71 bits per heavy atom. The molecule has 0 saturated heterocycles. The molecule has 0 saturated carbocycles. The van der Waals surface area contributed by atoms with Gasteiger partial charge in [0.1, 0.15) is 12.0 Å². The van der Waals surface area contributed by atoms with Crippen molar-refractivity contribution in [3.8, 4) is 0 Å². The molecule has 2 rings (SSSR count). The minimum Gasteiger partial charge on any atom is -0.463 e. The molecule has 2 atom stereocenters. The average Bonchev–Trinajstić information content (AvgIpc) is 2.53. The standard InChI is InChI=1S/C19H21BrO4/c1-5-11(2)8-12(3)6-7-15-17(20)13-9-16(21)19(4,23)18(22)14(13)10-24-15/h6-11,23H,5H2,1-4H3/b7-6+,12-8+/t11-,19?/m0/s1. The van der Waals surface area contributed by atoms with Gasteiger partial charge in [-0.15, -0.1) is 0 Å². The third kappa shape index (κ3) is 3.52. The Kier molecular flexibility index (Phi) is 5.45. The maximum absolute atomic E-state index is 12.2. The summed E-state index contributed by atoms with van der Waals surface area (Å²) in [5, 5.41) is 9.99. The molecule has 24 heavy (non-hydrogen) atoms. The van der Waals surface area contributed by atoms with Gasteiger partial charge in [-0.3, -0.25) is 9.59 Å². The fourth-order valence-electron chi connectivity index (χ4n) is 2.39. The van der Waals surface area contributed by atoms with Crippen LogP contribution in [0.1, 0.15) is 34.1 Å². The first-order valence-electron chi connectivity index (χ1n) is 7.85. The molecule has 128 valence electrons. The SMILES string of the molecule is CC[C@H](C)/C=C(C)/C=C/C1=C(Br)C2=CC(=O)C(C)(O)C(=O)C2=CO1. The summed E-state index contributed by atoms with van der Waals surface area (Å²) in [6.45, 7) is 7.48. The van der Waals surface area contributed by atoms with Gasteiger partial charge in [-0.1, -0.05) is 38.0 Å². The molecule has 0 spiro atoms. The van der Waals surface area contributed by atoms with Crippen LogP contribution in [0.25, 0.3) is 0 Å². The number of halogens is 1. The third-order valence-electron chi connectivity index (χ3n) is 4.18. The first kappa shape index (κ1) is 18.6. The maximum atomic E-state index is 12.2. The minimum absolute atomic E-state index is 0.190. The lowest BCUT2D eigenvalue weighted by molar-refractivity contribution is -0.144. The van der Waals surface area contributed by atoms with Crippen molar-refractivity contribution in [2.45, 2.75) is 39.7 Å². The fraction of sp³-hybridized carbons (Fsp3) is 0.368. The summed E-state index contributed by atoms with van der Waals surface area (Å²) in [7, 11) is 0. The molecule has 2 aliphatic rings. The molecule has 0 bridgehead atoms. The molecule has 1 aliphatic carbocycles. The normalized spacial score (nSPS) is 26.2. The smallest absolute Gasteiger partial charge is 0.205 e. The molecule has 0 fully saturated rings. The van der Waals surface area contributed by atoms with Gasteiger partial charge >= 0.3 is 0 Å². The highest BCUT2D eigenvalue weighted by Gasteiger charge is 2.45. The summed E-state index contributed by atoms with van der Waals surface area (Å²) < 4.78 is 6.03. The Morgan fingerprint density at radius 1 is 1.42 bits per heavy atom. The summed E-state index contributed by atoms with van der Waals surface area (Å²) in [6.07, 6.45) is 9.50. The van der Waals surface area contributed by atoms with Crippen molar-refractivity contribution >= 4 is 27.5 Å². The van der Waals surface area contributed by atoms with Gasteiger partial charge in [0, 0.05) is 5.57 Å². The molecular weight excluding hydrogens is 372 g/mol. The quantitative estimate of drug-likeness (QED) is 0.582. The first-order chi connectivity index (χ1) is 11.2. The predicted molar refractivity (Wildman–Crippen MR) is 96.2 cm³/mol. The molecule has 5 heteroatoms. The minimum atomic E-state index is -2.03. The fourth-order valence-corrected chi connectivity index (χ4v) is 2.95. The lowest BCUT2D eigenvalue weighted by atomic mass is 9.80. The van der Waals surface area contributed by atoms with E-state index in [1.54, 1.807) is 6.08 Å². The number of rotatable bonds is 4. The number of carbonyl (C=O) groups is 2. The van der Waals surface area contributed by atoms with E-state index in [1.165, 1.54) is 19.3 Å². The van der Waals surface area contributed by atoms with Crippen LogP contribution in [0.5, 0.6) is 0 Å². The molecule has 1 aliphatic heterocycles. The van der Waals surface area contributed by atoms with E-state index in [0.717, 1.165) is 12.0 Å². The molecule has 0 aromatic heterocycles. The summed E-state index contributed by atoms with van der Waals surface area (Å²) >= 11 is 3.39. The second-order valence-corrected chi connectivity index (χ2v) is 7.07. The van der Waals surface area contributed by atoms with Crippen LogP contribution in [-0.4, -0.2) is 22.3 Å². The van der Waals surface area contributed by atoms with Crippen LogP contribution in [0.2, 0.25) is 0 Å². The topological polar surface area (TPSA) is 63.6 Å². The number of aliphatic hydroxyl groups is 1. The van der Waals surface area contributed by atoms with E-state index in [4.69, 9.17) is 4.74 Å². The van der Waals surface area contributed by atoms with Crippen LogP contribution in [0, 0.1) is 5.92 Å². The summed E-state index contributed by atoms with van der Waals surface area (Å²) in [6, 6.07) is 0. The highest BCUT2D eigenvalue weighted by molar-refractivity contribution is 9.12. The van der Waals surface area contributed by atoms with Gasteiger partial charge in [0.15, 0.2) is 11.4 Å². The molecular formula is C19H21BrO4. The average molecular weight is 393 g/mol. The molecule has 1 unspecified atom stereocenters. The molecule has 4 nitrogen and oxygen atoms in total. The number of fused-ring (bicyclic) bond motifs is 1. The van der Waals surface area contributed by atoms with E-state index in [-0.39, 0.29) is 5.57 Å². The highest BCUT2D eigenvalue weighted by Crippen LogP contribution is 2.38. The molecule has 1 heterocycles. The zero-order valence-corrected chi connectivity index (χ0v) is 15.8. The van der Waals surface area contributed by atoms with Gasteiger partial charge in [0.25, 0.3) is 0 Å². The Bertz CT molecular complexity index is 732. The van der Waals surface area contributed by atoms with Crippen LogP contribution in [-0.2, 0) is 14.3 Å². The van der Waals surface area contributed by atoms with E-state index >= 15 is 0 Å². The van der Waals surface area contributed by atoms with Crippen molar-refractivity contribution in [3.05, 3.63) is 57.5 Å². The molecule has 1 N–H and O–H groups in total. The second kappa shape index (κ2) is 7.03. The molecule has 0 aromatic carbocycles. The van der Waals surface area contributed by atoms with Gasteiger partial charge < -0.3 is 9.84 Å². The number of allylic oxidation sites excluding steroid dienone is 6. The first-order valence-corrected chi connectivity index (χ1v) is 8.65. The van der Waals surface area contributed by atoms with Crippen molar-refractivity contribution in [1.82, 2.24) is 0 Å². The van der Waals surface area contributed by atoms with E-state index in [1.807, 2.05) is 13.0 Å². The van der Waals surface area contributed by atoms with Crippen molar-refractivity contribution in [2.24, 2.45) is 5.92 Å². The van der Waals surface area contributed by atoms with Crippen LogP contribution < -0.4 is 0 Å². The number of hydrogen-bond acceptors (Lipinski definition) is 4. The van der Waals surface area contributed by atoms with E-state index in [2.05, 4.69) is 35.9 Å². The van der Waals surface area contributed by atoms with Crippen LogP contribution in [0.15, 0.2) is 57.5 Å². The Morgan fingerprint density at radius 2 is 2.08 bits per heavy atom. The summed E-state index contributed by atoms with van der Waals surface area (Å²) in [5.74, 6) is -0.291. The zero-order chi connectivity index (χ0) is 18.1. The van der Waals surface area contributed by atoms with Crippen molar-refractivity contribution in [1.29, 1.82) is 0 Å². The number of Topliss-reactive ketones (excluding diaryl/α,β-unsaturated/α-hetero) is 1. The highest BCUT2D eigenvalue weighted by atomic mass is 79.9. The Balaban J connectivity index is 2.33. The van der Waals surface area contributed by atoms with Crippen LogP contribution in [0.3, 0.4) is 0 Å². The van der Waals surface area contributed by atoms with Crippen LogP contribution in [0.4, 0.5) is 0 Å². The molecule has 0 amide bonds. The van der Waals surface area contributed by atoms with Gasteiger partial charge in [0.2, 0.25) is 5.78 Å². The number of ketones is 2. The van der Waals surface area contributed by atoms with Gasteiger partial charge in [0.05, 0.1) is 10.1 Å². The number of hydrogen-bond donors (Lipinski definition) is 1. The number of carbonyl (C=O) groups excluding carboxylic acids is 2. The summed E-state index contributed by atoms with van der Waals surface area (Å²) in [5.41, 5.74) is -0.306. The van der Waals surface area contributed by atoms with E-state index < -0.39 is 17.2 Å². The Labute approximate surface area is 150 Å². The van der Waals surface area contributed by atoms with Gasteiger partial charge in [-0.2, -0.15) is 0 Å². The largest absolute Gasteiger partial charge is 0.463 e. The lowest BCUT2D eigenvalue weighted by Crippen LogP contribution is -2.47. The van der Waals surface area contributed by atoms with E-state index in [9.17, 15) is 14.7 Å². The predicted octanol–water partition coefficient (Wildman–Crippen LogP) is 3.88. The number of ether oxygens (including phenoxy) is 1. The summed E-state index contributed by atoms with van der Waals surface area (Å²) in [4.78, 5) is 24.2. The third-order valence-corrected chi connectivity index (χ3v) is 5.00. The van der Waals surface area contributed by atoms with E-state index in [0.29, 0.717) is 21.7 Å². The van der Waals surface area contributed by atoms with Gasteiger partial charge in [-0.05, 0) is 47.8 Å². The van der Waals surface area contributed by atoms with Crippen molar-refractivity contribution < 1.29 is 19.4 Å². The Hall–Kier alpha value is -1.72. The monoisotopic (exact) mass is 392 g/mol. The lowest BCUT2D eigenvalue weighted by Gasteiger charge is -2.28. The maximum Gasteiger partial charge on any atom is 0.205 e. The van der Waals surface area contributed by atoms with Crippen molar-refractivity contribution in [3.63, 3.8) is 0 Å². The zero-order valence-electron chi connectivity index (χ0n) is 14.2. The van der Waals surface area contributed by atoms with Crippen molar-refractivity contribution in [2.75, 3.05) is 0 Å². The van der Waals surface area contributed by atoms with Gasteiger partial charge in [-0.25, -0.2) is 0 Å². The van der Waals surface area contributed by atoms with Crippen LogP contribution >= 0.6 is 15.9 Å². The second-order valence-electron chi connectivity index (χ2n) is 6.28. The molecule has 0 aromatic rings. The molecule has 0 radical (unpaired) electrons.